The van der Waals surface area contributed by atoms with Gasteiger partial charge in [0.25, 0.3) is 0 Å². The molecule has 1 amide bonds. The van der Waals surface area contributed by atoms with Gasteiger partial charge in [0.1, 0.15) is 6.33 Å². The number of carbonyl (C=O) groups excluding carboxylic acids is 1. The van der Waals surface area contributed by atoms with E-state index in [1.807, 2.05) is 50.6 Å². The van der Waals surface area contributed by atoms with E-state index in [9.17, 15) is 4.79 Å². The number of aryl methyl sites for hydroxylation is 1. The first-order valence-electron chi connectivity index (χ1n) is 6.91. The number of carbonyl (C=O) groups is 1. The van der Waals surface area contributed by atoms with Gasteiger partial charge in [0.15, 0.2) is 5.82 Å². The molecular formula is C15H20N4OS. The third kappa shape index (κ3) is 3.44. The number of rotatable bonds is 5. The number of anilines is 1. The van der Waals surface area contributed by atoms with Crippen LogP contribution in [0.15, 0.2) is 24.5 Å². The number of aromatic nitrogens is 3. The molecule has 1 unspecified atom stereocenters. The molecule has 0 fully saturated rings. The minimum absolute atomic E-state index is 0.0278. The first kappa shape index (κ1) is 15.6. The number of nitrogens with zero attached hydrogens (tertiary/aromatic N) is 3. The quantitative estimate of drug-likeness (QED) is 0.922. The highest BCUT2D eigenvalue weighted by Gasteiger charge is 2.16. The van der Waals surface area contributed by atoms with Crippen molar-refractivity contribution in [3.05, 3.63) is 30.1 Å². The molecule has 2 aromatic rings. The lowest BCUT2D eigenvalue weighted by atomic mass is 10.1. The molecule has 2 rings (SSSR count). The summed E-state index contributed by atoms with van der Waals surface area (Å²) in [5, 5.41) is 11.0. The predicted octanol–water partition coefficient (Wildman–Crippen LogP) is 2.87. The van der Waals surface area contributed by atoms with Gasteiger partial charge in [0.2, 0.25) is 5.91 Å². The average molecular weight is 304 g/mol. The Morgan fingerprint density at radius 2 is 2.24 bits per heavy atom. The van der Waals surface area contributed by atoms with E-state index in [1.165, 1.54) is 0 Å². The molecule has 1 N–H and O–H groups in total. The maximum Gasteiger partial charge on any atom is 0.237 e. The first-order chi connectivity index (χ1) is 10.0. The highest BCUT2D eigenvalue weighted by molar-refractivity contribution is 8.00. The normalized spacial score (nSPS) is 12.2. The van der Waals surface area contributed by atoms with Gasteiger partial charge >= 0.3 is 0 Å². The van der Waals surface area contributed by atoms with Crippen LogP contribution in [0.25, 0.3) is 11.4 Å². The Hall–Kier alpha value is -1.82. The van der Waals surface area contributed by atoms with Gasteiger partial charge < -0.3 is 9.88 Å². The van der Waals surface area contributed by atoms with Crippen LogP contribution < -0.4 is 5.32 Å². The van der Waals surface area contributed by atoms with Crippen molar-refractivity contribution in [1.82, 2.24) is 14.8 Å². The van der Waals surface area contributed by atoms with Gasteiger partial charge in [-0.3, -0.25) is 4.79 Å². The molecule has 0 aliphatic carbocycles. The van der Waals surface area contributed by atoms with E-state index in [1.54, 1.807) is 18.1 Å². The molecule has 1 atom stereocenters. The summed E-state index contributed by atoms with van der Waals surface area (Å²) in [6.07, 6.45) is 1.67. The van der Waals surface area contributed by atoms with Crippen LogP contribution in [0.2, 0.25) is 0 Å². The summed E-state index contributed by atoms with van der Waals surface area (Å²) in [5.41, 5.74) is 2.79. The third-order valence-corrected chi connectivity index (χ3v) is 4.38. The Morgan fingerprint density at radius 1 is 1.48 bits per heavy atom. The molecule has 0 radical (unpaired) electrons. The molecule has 6 heteroatoms. The molecule has 0 saturated carbocycles. The van der Waals surface area contributed by atoms with Crippen LogP contribution in [0.4, 0.5) is 5.69 Å². The fraction of sp³-hybridized carbons (Fsp3) is 0.400. The van der Waals surface area contributed by atoms with Crippen LogP contribution in [-0.2, 0) is 11.8 Å². The standard InChI is InChI=1S/C15H20N4OS/c1-5-21-11(3)15(20)17-13-8-6-7-12(10(13)2)14-18-16-9-19(14)4/h6-9,11H,5H2,1-4H3,(H,17,20). The molecule has 1 heterocycles. The number of thioether (sulfide) groups is 1. The summed E-state index contributed by atoms with van der Waals surface area (Å²) >= 11 is 1.63. The molecule has 0 saturated heterocycles. The molecule has 0 aliphatic rings. The number of hydrogen-bond donors (Lipinski definition) is 1. The molecule has 112 valence electrons. The lowest BCUT2D eigenvalue weighted by molar-refractivity contribution is -0.115. The Labute approximate surface area is 129 Å². The lowest BCUT2D eigenvalue weighted by Gasteiger charge is -2.14. The number of nitrogens with one attached hydrogen (secondary N) is 1. The molecule has 0 spiro atoms. The highest BCUT2D eigenvalue weighted by Crippen LogP contribution is 2.27. The third-order valence-electron chi connectivity index (χ3n) is 3.33. The zero-order chi connectivity index (χ0) is 15.4. The lowest BCUT2D eigenvalue weighted by Crippen LogP contribution is -2.23. The van der Waals surface area contributed by atoms with E-state index >= 15 is 0 Å². The largest absolute Gasteiger partial charge is 0.325 e. The van der Waals surface area contributed by atoms with Gasteiger partial charge in [-0.1, -0.05) is 19.1 Å². The second-order valence-corrected chi connectivity index (χ2v) is 6.45. The van der Waals surface area contributed by atoms with E-state index < -0.39 is 0 Å². The van der Waals surface area contributed by atoms with E-state index in [2.05, 4.69) is 15.5 Å². The fourth-order valence-electron chi connectivity index (χ4n) is 2.10. The van der Waals surface area contributed by atoms with Crippen molar-refractivity contribution in [3.8, 4) is 11.4 Å². The van der Waals surface area contributed by atoms with Gasteiger partial charge in [-0.15, -0.1) is 22.0 Å². The summed E-state index contributed by atoms with van der Waals surface area (Å²) < 4.78 is 1.86. The molecule has 5 nitrogen and oxygen atoms in total. The smallest absolute Gasteiger partial charge is 0.237 e. The SMILES string of the molecule is CCSC(C)C(=O)Nc1cccc(-c2nncn2C)c1C. The molecule has 0 aliphatic heterocycles. The van der Waals surface area contributed by atoms with Crippen molar-refractivity contribution >= 4 is 23.4 Å². The zero-order valence-corrected chi connectivity index (χ0v) is 13.6. The summed E-state index contributed by atoms with van der Waals surface area (Å²) in [4.78, 5) is 12.2. The predicted molar refractivity (Wildman–Crippen MR) is 87.4 cm³/mol. The topological polar surface area (TPSA) is 59.8 Å². The molecule has 1 aromatic carbocycles. The first-order valence-corrected chi connectivity index (χ1v) is 7.96. The molecule has 0 bridgehead atoms. The van der Waals surface area contributed by atoms with Gasteiger partial charge in [-0.25, -0.2) is 0 Å². The van der Waals surface area contributed by atoms with Crippen molar-refractivity contribution in [2.75, 3.05) is 11.1 Å². The molecule has 1 aromatic heterocycles. The summed E-state index contributed by atoms with van der Waals surface area (Å²) in [5.74, 6) is 1.74. The van der Waals surface area contributed by atoms with Gasteiger partial charge in [0.05, 0.1) is 5.25 Å². The zero-order valence-electron chi connectivity index (χ0n) is 12.8. The maximum atomic E-state index is 12.2. The van der Waals surface area contributed by atoms with Crippen molar-refractivity contribution in [3.63, 3.8) is 0 Å². The summed E-state index contributed by atoms with van der Waals surface area (Å²) in [7, 11) is 1.90. The van der Waals surface area contributed by atoms with E-state index in [0.717, 1.165) is 28.4 Å². The maximum absolute atomic E-state index is 12.2. The Kier molecular flexibility index (Phi) is 5.01. The van der Waals surface area contributed by atoms with Crippen molar-refractivity contribution in [2.45, 2.75) is 26.0 Å². The van der Waals surface area contributed by atoms with Gasteiger partial charge in [-0.05, 0) is 31.2 Å². The summed E-state index contributed by atoms with van der Waals surface area (Å²) in [6, 6.07) is 5.82. The fourth-order valence-corrected chi connectivity index (χ4v) is 2.81. The van der Waals surface area contributed by atoms with E-state index in [4.69, 9.17) is 0 Å². The van der Waals surface area contributed by atoms with Crippen LogP contribution in [0.1, 0.15) is 19.4 Å². The van der Waals surface area contributed by atoms with Crippen LogP contribution in [0.5, 0.6) is 0 Å². The van der Waals surface area contributed by atoms with Crippen molar-refractivity contribution in [2.24, 2.45) is 7.05 Å². The van der Waals surface area contributed by atoms with Crippen LogP contribution in [0.3, 0.4) is 0 Å². The average Bonchev–Trinajstić information content (AvgIpc) is 2.87. The minimum Gasteiger partial charge on any atom is -0.325 e. The summed E-state index contributed by atoms with van der Waals surface area (Å²) in [6.45, 7) is 5.96. The van der Waals surface area contributed by atoms with Crippen LogP contribution in [0, 0.1) is 6.92 Å². The number of amides is 1. The minimum atomic E-state index is -0.0621. The molecular weight excluding hydrogens is 284 g/mol. The van der Waals surface area contributed by atoms with Crippen molar-refractivity contribution < 1.29 is 4.79 Å². The van der Waals surface area contributed by atoms with Gasteiger partial charge in [0, 0.05) is 18.3 Å². The van der Waals surface area contributed by atoms with E-state index in [-0.39, 0.29) is 11.2 Å². The molecule has 21 heavy (non-hydrogen) atoms. The second kappa shape index (κ2) is 6.76. The van der Waals surface area contributed by atoms with Gasteiger partial charge in [-0.2, -0.15) is 0 Å². The Morgan fingerprint density at radius 3 is 2.86 bits per heavy atom. The van der Waals surface area contributed by atoms with Crippen LogP contribution in [-0.4, -0.2) is 31.7 Å². The number of benzene rings is 1. The Balaban J connectivity index is 2.27. The van der Waals surface area contributed by atoms with Crippen LogP contribution >= 0.6 is 11.8 Å². The van der Waals surface area contributed by atoms with Crippen molar-refractivity contribution in [1.29, 1.82) is 0 Å². The monoisotopic (exact) mass is 304 g/mol. The second-order valence-electron chi connectivity index (χ2n) is 4.83. The van der Waals surface area contributed by atoms with E-state index in [0.29, 0.717) is 0 Å². The highest BCUT2D eigenvalue weighted by atomic mass is 32.2. The Bertz CT molecular complexity index is 638. The number of hydrogen-bond acceptors (Lipinski definition) is 4.